The molecular formula is C27H28ClN3O. The van der Waals surface area contributed by atoms with Crippen LogP contribution in [0.25, 0.3) is 0 Å². The Morgan fingerprint density at radius 1 is 0.906 bits per heavy atom. The molecular weight excluding hydrogens is 418 g/mol. The number of halogens is 1. The van der Waals surface area contributed by atoms with E-state index in [9.17, 15) is 4.79 Å². The van der Waals surface area contributed by atoms with Gasteiger partial charge in [0, 0.05) is 43.4 Å². The van der Waals surface area contributed by atoms with Crippen LogP contribution in [0.5, 0.6) is 0 Å². The zero-order chi connectivity index (χ0) is 21.9. The van der Waals surface area contributed by atoms with E-state index in [4.69, 9.17) is 11.6 Å². The van der Waals surface area contributed by atoms with Crippen molar-refractivity contribution in [1.29, 1.82) is 0 Å². The standard InChI is InChI=1S/C27H28ClN3O/c28-23-12-10-21(11-13-23)18-30-14-15-31-25-9-5-4-8-22(25)16-24(26(31)19-30)27(32)29-17-20-6-2-1-3-7-20/h1-13,24,26H,14-19H2,(H,29,32)/t24-,26+/m0/s1. The SMILES string of the molecule is O=C(NCc1ccccc1)[C@H]1Cc2ccccc2N2CCN(Cc3ccc(Cl)cc3)C[C@H]12. The Kier molecular flexibility index (Phi) is 6.15. The molecule has 0 radical (unpaired) electrons. The first-order valence-electron chi connectivity index (χ1n) is 11.3. The summed E-state index contributed by atoms with van der Waals surface area (Å²) in [7, 11) is 0. The number of fused-ring (bicyclic) bond motifs is 3. The number of nitrogens with zero attached hydrogens (tertiary/aromatic N) is 2. The highest BCUT2D eigenvalue weighted by Gasteiger charge is 2.41. The van der Waals surface area contributed by atoms with Gasteiger partial charge in [-0.2, -0.15) is 0 Å². The fourth-order valence-corrected chi connectivity index (χ4v) is 5.15. The molecule has 2 atom stereocenters. The molecule has 4 nitrogen and oxygen atoms in total. The lowest BCUT2D eigenvalue weighted by atomic mass is 9.83. The molecule has 0 aliphatic carbocycles. The number of rotatable bonds is 5. The number of piperazine rings is 1. The molecule has 0 saturated carbocycles. The summed E-state index contributed by atoms with van der Waals surface area (Å²) < 4.78 is 0. The van der Waals surface area contributed by atoms with Crippen LogP contribution in [0, 0.1) is 5.92 Å². The summed E-state index contributed by atoms with van der Waals surface area (Å²) in [4.78, 5) is 18.3. The monoisotopic (exact) mass is 445 g/mol. The Labute approximate surface area is 194 Å². The van der Waals surface area contributed by atoms with Crippen molar-refractivity contribution in [2.75, 3.05) is 24.5 Å². The molecule has 164 valence electrons. The number of benzene rings is 3. The maximum atomic E-state index is 13.4. The van der Waals surface area contributed by atoms with Gasteiger partial charge >= 0.3 is 0 Å². The van der Waals surface area contributed by atoms with Gasteiger partial charge in [0.15, 0.2) is 0 Å². The van der Waals surface area contributed by atoms with Gasteiger partial charge in [-0.3, -0.25) is 9.69 Å². The van der Waals surface area contributed by atoms with Crippen LogP contribution in [0.3, 0.4) is 0 Å². The molecule has 3 aromatic rings. The zero-order valence-corrected chi connectivity index (χ0v) is 18.8. The molecule has 1 amide bonds. The molecule has 0 unspecified atom stereocenters. The van der Waals surface area contributed by atoms with Crippen LogP contribution in [-0.4, -0.2) is 36.5 Å². The van der Waals surface area contributed by atoms with E-state index in [1.807, 2.05) is 30.3 Å². The van der Waals surface area contributed by atoms with Crippen molar-refractivity contribution >= 4 is 23.2 Å². The first-order chi connectivity index (χ1) is 15.7. The van der Waals surface area contributed by atoms with E-state index in [0.29, 0.717) is 6.54 Å². The first kappa shape index (κ1) is 21.0. The van der Waals surface area contributed by atoms with Gasteiger partial charge in [-0.05, 0) is 41.3 Å². The van der Waals surface area contributed by atoms with Crippen LogP contribution in [0.1, 0.15) is 16.7 Å². The summed E-state index contributed by atoms with van der Waals surface area (Å²) in [5, 5.41) is 3.97. The number of hydrogen-bond acceptors (Lipinski definition) is 3. The van der Waals surface area contributed by atoms with Gasteiger partial charge in [-0.15, -0.1) is 0 Å². The van der Waals surface area contributed by atoms with E-state index in [-0.39, 0.29) is 17.9 Å². The van der Waals surface area contributed by atoms with Gasteiger partial charge in [-0.1, -0.05) is 72.3 Å². The predicted molar refractivity (Wildman–Crippen MR) is 130 cm³/mol. The number of anilines is 1. The van der Waals surface area contributed by atoms with E-state index in [0.717, 1.165) is 43.2 Å². The second kappa shape index (κ2) is 9.35. The highest BCUT2D eigenvalue weighted by molar-refractivity contribution is 6.30. The molecule has 2 heterocycles. The summed E-state index contributed by atoms with van der Waals surface area (Å²) >= 11 is 6.06. The second-order valence-electron chi connectivity index (χ2n) is 8.77. The van der Waals surface area contributed by atoms with Crippen molar-refractivity contribution in [1.82, 2.24) is 10.2 Å². The molecule has 32 heavy (non-hydrogen) atoms. The second-order valence-corrected chi connectivity index (χ2v) is 9.20. The molecule has 5 rings (SSSR count). The van der Waals surface area contributed by atoms with Crippen LogP contribution >= 0.6 is 11.6 Å². The lowest BCUT2D eigenvalue weighted by Gasteiger charge is -2.49. The van der Waals surface area contributed by atoms with Crippen LogP contribution in [-0.2, 0) is 24.3 Å². The van der Waals surface area contributed by atoms with Crippen LogP contribution < -0.4 is 10.2 Å². The quantitative estimate of drug-likeness (QED) is 0.627. The average molecular weight is 446 g/mol. The highest BCUT2D eigenvalue weighted by Crippen LogP contribution is 2.36. The Bertz CT molecular complexity index is 1070. The third-order valence-electron chi connectivity index (χ3n) is 6.67. The smallest absolute Gasteiger partial charge is 0.225 e. The molecule has 0 bridgehead atoms. The fraction of sp³-hybridized carbons (Fsp3) is 0.296. The fourth-order valence-electron chi connectivity index (χ4n) is 5.02. The van der Waals surface area contributed by atoms with Gasteiger partial charge in [0.2, 0.25) is 5.91 Å². The first-order valence-corrected chi connectivity index (χ1v) is 11.7. The minimum absolute atomic E-state index is 0.0679. The molecule has 0 spiro atoms. The molecule has 1 N–H and O–H groups in total. The molecule has 1 fully saturated rings. The number of hydrogen-bond donors (Lipinski definition) is 1. The van der Waals surface area contributed by atoms with Gasteiger partial charge in [0.25, 0.3) is 0 Å². The van der Waals surface area contributed by atoms with Crippen LogP contribution in [0.4, 0.5) is 5.69 Å². The number of carbonyl (C=O) groups is 1. The van der Waals surface area contributed by atoms with Crippen molar-refractivity contribution < 1.29 is 4.79 Å². The maximum Gasteiger partial charge on any atom is 0.225 e. The van der Waals surface area contributed by atoms with Crippen LogP contribution in [0.15, 0.2) is 78.9 Å². The van der Waals surface area contributed by atoms with E-state index in [2.05, 4.69) is 63.6 Å². The van der Waals surface area contributed by atoms with Crippen molar-refractivity contribution in [2.45, 2.75) is 25.6 Å². The molecule has 1 saturated heterocycles. The summed E-state index contributed by atoms with van der Waals surface area (Å²) in [6.45, 7) is 4.23. The van der Waals surface area contributed by atoms with E-state index >= 15 is 0 Å². The molecule has 2 aliphatic rings. The van der Waals surface area contributed by atoms with E-state index in [1.165, 1.54) is 16.8 Å². The molecule has 0 aromatic heterocycles. The largest absolute Gasteiger partial charge is 0.365 e. The summed E-state index contributed by atoms with van der Waals surface area (Å²) in [6.07, 6.45) is 0.784. The summed E-state index contributed by atoms with van der Waals surface area (Å²) in [5.41, 5.74) is 4.94. The van der Waals surface area contributed by atoms with Gasteiger partial charge in [0.05, 0.1) is 12.0 Å². The third-order valence-corrected chi connectivity index (χ3v) is 6.93. The number of carbonyl (C=O) groups excluding carboxylic acids is 1. The Morgan fingerprint density at radius 3 is 2.47 bits per heavy atom. The Hall–Kier alpha value is -2.82. The number of amides is 1. The Morgan fingerprint density at radius 2 is 1.66 bits per heavy atom. The minimum Gasteiger partial charge on any atom is -0.365 e. The maximum absolute atomic E-state index is 13.4. The third kappa shape index (κ3) is 4.52. The van der Waals surface area contributed by atoms with Crippen molar-refractivity contribution in [2.24, 2.45) is 5.92 Å². The van der Waals surface area contributed by atoms with Crippen molar-refractivity contribution in [3.63, 3.8) is 0 Å². The topological polar surface area (TPSA) is 35.6 Å². The number of para-hydroxylation sites is 1. The van der Waals surface area contributed by atoms with E-state index < -0.39 is 0 Å². The van der Waals surface area contributed by atoms with Crippen LogP contribution in [0.2, 0.25) is 5.02 Å². The van der Waals surface area contributed by atoms with Gasteiger partial charge < -0.3 is 10.2 Å². The summed E-state index contributed by atoms with van der Waals surface area (Å²) in [6, 6.07) is 26.9. The Balaban J connectivity index is 1.34. The summed E-state index contributed by atoms with van der Waals surface area (Å²) in [5.74, 6) is 0.0772. The molecule has 5 heteroatoms. The van der Waals surface area contributed by atoms with Crippen molar-refractivity contribution in [3.05, 3.63) is 101 Å². The average Bonchev–Trinajstić information content (AvgIpc) is 2.84. The highest BCUT2D eigenvalue weighted by atomic mass is 35.5. The normalized spacial score (nSPS) is 20.3. The van der Waals surface area contributed by atoms with Gasteiger partial charge in [-0.25, -0.2) is 0 Å². The molecule has 2 aliphatic heterocycles. The zero-order valence-electron chi connectivity index (χ0n) is 18.1. The predicted octanol–water partition coefficient (Wildman–Crippen LogP) is 4.52. The lowest BCUT2D eigenvalue weighted by Crippen LogP contribution is -2.60. The van der Waals surface area contributed by atoms with Crippen molar-refractivity contribution in [3.8, 4) is 0 Å². The number of nitrogens with one attached hydrogen (secondary N) is 1. The minimum atomic E-state index is -0.0679. The van der Waals surface area contributed by atoms with E-state index in [1.54, 1.807) is 0 Å². The lowest BCUT2D eigenvalue weighted by molar-refractivity contribution is -0.126. The van der Waals surface area contributed by atoms with Gasteiger partial charge in [0.1, 0.15) is 0 Å². The molecule has 3 aromatic carbocycles.